The van der Waals surface area contributed by atoms with Crippen molar-refractivity contribution < 1.29 is 19.1 Å². The van der Waals surface area contributed by atoms with Crippen LogP contribution in [0.15, 0.2) is 12.1 Å². The van der Waals surface area contributed by atoms with Crippen LogP contribution in [0.1, 0.15) is 60.5 Å². The summed E-state index contributed by atoms with van der Waals surface area (Å²) in [7, 11) is 0. The van der Waals surface area contributed by atoms with Gasteiger partial charge in [0, 0.05) is 11.1 Å². The molecule has 1 aliphatic rings. The number of hydrogen-bond donors (Lipinski definition) is 1. The Bertz CT molecular complexity index is 577. The van der Waals surface area contributed by atoms with Crippen LogP contribution < -0.4 is 0 Å². The van der Waals surface area contributed by atoms with Crippen molar-refractivity contribution in [1.82, 2.24) is 0 Å². The first-order valence-electron chi connectivity index (χ1n) is 7.08. The molecule has 2 rings (SSSR count). The molecule has 1 saturated carbocycles. The molecule has 1 fully saturated rings. The van der Waals surface area contributed by atoms with Gasteiger partial charge in [0.25, 0.3) is 0 Å². The Morgan fingerprint density at radius 1 is 1.29 bits per heavy atom. The molecule has 21 heavy (non-hydrogen) atoms. The van der Waals surface area contributed by atoms with Crippen molar-refractivity contribution in [3.8, 4) is 0 Å². The van der Waals surface area contributed by atoms with E-state index in [-0.39, 0.29) is 28.9 Å². The van der Waals surface area contributed by atoms with E-state index in [1.165, 1.54) is 19.1 Å². The monoisotopic (exact) mass is 312 g/mol. The summed E-state index contributed by atoms with van der Waals surface area (Å²) in [6.07, 6.45) is 3.80. The van der Waals surface area contributed by atoms with Crippen molar-refractivity contribution in [2.45, 2.75) is 50.3 Å². The predicted octanol–water partition coefficient (Wildman–Crippen LogP) is 4.05. The lowest BCUT2D eigenvalue weighted by Crippen LogP contribution is -2.26. The van der Waals surface area contributed by atoms with Gasteiger partial charge in [0.2, 0.25) is 0 Å². The summed E-state index contributed by atoms with van der Waals surface area (Å²) in [5.41, 5.74) is 0.735. The number of Topliss-reactive ketones (excluding diaryl/α,β-unsaturated/α-hetero) is 1. The van der Waals surface area contributed by atoms with Gasteiger partial charge in [-0.15, -0.1) is 11.6 Å². The molecule has 0 atom stereocenters. The summed E-state index contributed by atoms with van der Waals surface area (Å²) in [6.45, 7) is 1.35. The van der Waals surface area contributed by atoms with Crippen LogP contribution in [-0.2, 0) is 16.1 Å². The first-order chi connectivity index (χ1) is 9.83. The Balaban J connectivity index is 2.54. The van der Waals surface area contributed by atoms with Gasteiger partial charge in [0.15, 0.2) is 5.78 Å². The van der Waals surface area contributed by atoms with Gasteiger partial charge in [0.1, 0.15) is 5.82 Å². The molecule has 1 N–H and O–H groups in total. The Labute approximate surface area is 128 Å². The van der Waals surface area contributed by atoms with E-state index in [9.17, 15) is 14.0 Å². The van der Waals surface area contributed by atoms with Gasteiger partial charge in [-0.1, -0.05) is 19.3 Å². The van der Waals surface area contributed by atoms with Crippen molar-refractivity contribution in [2.75, 3.05) is 0 Å². The van der Waals surface area contributed by atoms with Crippen LogP contribution in [0.3, 0.4) is 0 Å². The maximum atomic E-state index is 14.5. The van der Waals surface area contributed by atoms with Crippen LogP contribution in [0.4, 0.5) is 4.39 Å². The van der Waals surface area contributed by atoms with E-state index in [1.807, 2.05) is 0 Å². The zero-order valence-electron chi connectivity index (χ0n) is 11.9. The van der Waals surface area contributed by atoms with Crippen LogP contribution >= 0.6 is 11.6 Å². The average Bonchev–Trinajstić information content (AvgIpc) is 2.37. The SMILES string of the molecule is CC(=O)c1cc(CC(=O)O)cc(F)c1C1(Cl)CCCCC1. The fraction of sp³-hybridized carbons (Fsp3) is 0.500. The highest BCUT2D eigenvalue weighted by Crippen LogP contribution is 2.45. The summed E-state index contributed by atoms with van der Waals surface area (Å²) in [4.78, 5) is 21.8. The van der Waals surface area contributed by atoms with Crippen molar-refractivity contribution in [2.24, 2.45) is 0 Å². The fourth-order valence-corrected chi connectivity index (χ4v) is 3.49. The third-order valence-corrected chi connectivity index (χ3v) is 4.55. The van der Waals surface area contributed by atoms with E-state index in [2.05, 4.69) is 0 Å². The minimum Gasteiger partial charge on any atom is -0.481 e. The number of carboxylic acid groups (broad SMARTS) is 1. The lowest BCUT2D eigenvalue weighted by Gasteiger charge is -2.33. The van der Waals surface area contributed by atoms with E-state index in [0.717, 1.165) is 19.3 Å². The number of ketones is 1. The molecule has 0 spiro atoms. The van der Waals surface area contributed by atoms with Crippen LogP contribution in [0.25, 0.3) is 0 Å². The second-order valence-corrected chi connectivity index (χ2v) is 6.38. The number of alkyl halides is 1. The normalized spacial score (nSPS) is 17.5. The number of rotatable bonds is 4. The maximum Gasteiger partial charge on any atom is 0.307 e. The molecule has 0 radical (unpaired) electrons. The number of benzene rings is 1. The number of carbonyl (C=O) groups excluding carboxylic acids is 1. The van der Waals surface area contributed by atoms with Crippen LogP contribution in [-0.4, -0.2) is 16.9 Å². The van der Waals surface area contributed by atoms with Gasteiger partial charge in [-0.25, -0.2) is 4.39 Å². The van der Waals surface area contributed by atoms with Crippen LogP contribution in [0, 0.1) is 5.82 Å². The number of carboxylic acids is 1. The van der Waals surface area contributed by atoms with Gasteiger partial charge in [0.05, 0.1) is 11.3 Å². The standard InChI is InChI=1S/C16H18ClFO3/c1-10(19)12-7-11(9-14(20)21)8-13(18)15(12)16(17)5-3-2-4-6-16/h7-8H,2-6,9H2,1H3,(H,20,21). The van der Waals surface area contributed by atoms with Gasteiger partial charge in [-0.05, 0) is 37.5 Å². The summed E-state index contributed by atoms with van der Waals surface area (Å²) in [5.74, 6) is -1.92. The first kappa shape index (κ1) is 16.0. The highest BCUT2D eigenvalue weighted by atomic mass is 35.5. The van der Waals surface area contributed by atoms with Gasteiger partial charge < -0.3 is 5.11 Å². The summed E-state index contributed by atoms with van der Waals surface area (Å²) < 4.78 is 14.5. The third kappa shape index (κ3) is 3.43. The minimum atomic E-state index is -1.06. The molecule has 1 aromatic rings. The topological polar surface area (TPSA) is 54.4 Å². The molecule has 1 aliphatic carbocycles. The number of aliphatic carboxylic acids is 1. The van der Waals surface area contributed by atoms with Crippen molar-refractivity contribution in [3.05, 3.63) is 34.6 Å². The van der Waals surface area contributed by atoms with Crippen molar-refractivity contribution >= 4 is 23.4 Å². The van der Waals surface area contributed by atoms with Crippen LogP contribution in [0.5, 0.6) is 0 Å². The molecule has 0 heterocycles. The predicted molar refractivity (Wildman–Crippen MR) is 78.4 cm³/mol. The summed E-state index contributed by atoms with van der Waals surface area (Å²) in [5, 5.41) is 8.82. The second-order valence-electron chi connectivity index (χ2n) is 5.65. The Morgan fingerprint density at radius 2 is 1.90 bits per heavy atom. The van der Waals surface area contributed by atoms with Crippen molar-refractivity contribution in [3.63, 3.8) is 0 Å². The highest BCUT2D eigenvalue weighted by molar-refractivity contribution is 6.24. The highest BCUT2D eigenvalue weighted by Gasteiger charge is 2.37. The third-order valence-electron chi connectivity index (χ3n) is 3.98. The molecule has 3 nitrogen and oxygen atoms in total. The van der Waals surface area contributed by atoms with Gasteiger partial charge >= 0.3 is 5.97 Å². The quantitative estimate of drug-likeness (QED) is 0.674. The van der Waals surface area contributed by atoms with E-state index in [1.54, 1.807) is 0 Å². The van der Waals surface area contributed by atoms with Crippen LogP contribution in [0.2, 0.25) is 0 Å². The van der Waals surface area contributed by atoms with E-state index < -0.39 is 16.7 Å². The first-order valence-corrected chi connectivity index (χ1v) is 7.46. The largest absolute Gasteiger partial charge is 0.481 e. The van der Waals surface area contributed by atoms with Crippen molar-refractivity contribution in [1.29, 1.82) is 0 Å². The maximum absolute atomic E-state index is 14.5. The lowest BCUT2D eigenvalue weighted by atomic mass is 9.79. The zero-order chi connectivity index (χ0) is 15.6. The summed E-state index contributed by atoms with van der Waals surface area (Å²) in [6, 6.07) is 2.65. The molecule has 1 aromatic carbocycles. The molecule has 0 bridgehead atoms. The molecule has 0 aliphatic heterocycles. The minimum absolute atomic E-state index is 0.211. The molecule has 0 saturated heterocycles. The smallest absolute Gasteiger partial charge is 0.307 e. The van der Waals surface area contributed by atoms with E-state index in [0.29, 0.717) is 12.8 Å². The lowest BCUT2D eigenvalue weighted by molar-refractivity contribution is -0.136. The zero-order valence-corrected chi connectivity index (χ0v) is 12.7. The molecular weight excluding hydrogens is 295 g/mol. The molecule has 0 amide bonds. The fourth-order valence-electron chi connectivity index (χ4n) is 3.03. The molecule has 0 aromatic heterocycles. The number of halogens is 2. The molecule has 0 unspecified atom stereocenters. The number of hydrogen-bond acceptors (Lipinski definition) is 2. The van der Waals surface area contributed by atoms with E-state index >= 15 is 0 Å². The summed E-state index contributed by atoms with van der Waals surface area (Å²) >= 11 is 6.60. The Morgan fingerprint density at radius 3 is 2.43 bits per heavy atom. The Hall–Kier alpha value is -1.42. The molecular formula is C16H18ClFO3. The number of carbonyl (C=O) groups is 2. The van der Waals surface area contributed by atoms with Gasteiger partial charge in [-0.3, -0.25) is 9.59 Å². The average molecular weight is 313 g/mol. The Kier molecular flexibility index (Phi) is 4.67. The van der Waals surface area contributed by atoms with Gasteiger partial charge in [-0.2, -0.15) is 0 Å². The second kappa shape index (κ2) is 6.14. The van der Waals surface area contributed by atoms with E-state index in [4.69, 9.17) is 16.7 Å². The molecule has 5 heteroatoms. The molecule has 114 valence electrons.